The van der Waals surface area contributed by atoms with Crippen LogP contribution in [0.2, 0.25) is 0 Å². The fourth-order valence-corrected chi connectivity index (χ4v) is 3.26. The summed E-state index contributed by atoms with van der Waals surface area (Å²) in [6, 6.07) is 2.59. The second-order valence-corrected chi connectivity index (χ2v) is 8.77. The summed E-state index contributed by atoms with van der Waals surface area (Å²) in [6.45, 7) is 0.00182. The molecular formula is C21H18F17NO3. The molecule has 1 unspecified atom stereocenters. The van der Waals surface area contributed by atoms with Crippen molar-refractivity contribution < 1.29 is 89.3 Å². The van der Waals surface area contributed by atoms with E-state index in [9.17, 15) is 84.5 Å². The number of halogens is 17. The Balaban J connectivity index is 3.79. The van der Waals surface area contributed by atoms with E-state index in [1.54, 1.807) is 0 Å². The first-order valence-corrected chi connectivity index (χ1v) is 10.8. The van der Waals surface area contributed by atoms with Gasteiger partial charge in [-0.2, -0.15) is 74.6 Å². The first-order valence-electron chi connectivity index (χ1n) is 10.8. The maximum absolute atomic E-state index is 14.9. The van der Waals surface area contributed by atoms with Crippen LogP contribution in [0.15, 0.2) is 30.3 Å². The number of ether oxygens (including phenoxy) is 1. The lowest BCUT2D eigenvalue weighted by Gasteiger charge is -2.47. The van der Waals surface area contributed by atoms with Crippen LogP contribution in [0, 0.1) is 0 Å². The Labute approximate surface area is 223 Å². The number of aliphatic hydroxyl groups is 1. The number of carbonyl (C=O) groups excluding carboxylic acids is 1. The molecular weight excluding hydrogens is 637 g/mol. The number of benzene rings is 1. The van der Waals surface area contributed by atoms with Gasteiger partial charge in [0, 0.05) is 0 Å². The molecule has 21 heteroatoms. The summed E-state index contributed by atoms with van der Waals surface area (Å²) in [5.74, 6) is -58.5. The zero-order valence-corrected chi connectivity index (χ0v) is 20.6. The number of hydrogen-bond acceptors (Lipinski definition) is 3. The van der Waals surface area contributed by atoms with Gasteiger partial charge in [0.1, 0.15) is 0 Å². The lowest BCUT2D eigenvalue weighted by molar-refractivity contribution is -0.467. The van der Waals surface area contributed by atoms with Crippen LogP contribution in [-0.2, 0) is 11.2 Å². The number of nitrogens with one attached hydrogen (secondary N) is 1. The highest BCUT2D eigenvalue weighted by molar-refractivity contribution is 5.67. The van der Waals surface area contributed by atoms with E-state index in [1.807, 2.05) is 0 Å². The minimum atomic E-state index is -8.81. The second kappa shape index (κ2) is 11.1. The zero-order chi connectivity index (χ0) is 33.6. The van der Waals surface area contributed by atoms with E-state index >= 15 is 0 Å². The summed E-state index contributed by atoms with van der Waals surface area (Å²) in [4.78, 5) is 11.7. The van der Waals surface area contributed by atoms with Crippen molar-refractivity contribution in [1.82, 2.24) is 5.32 Å². The summed E-state index contributed by atoms with van der Waals surface area (Å²) in [6.07, 6.45) is -10.9. The first-order chi connectivity index (χ1) is 18.4. The standard InChI is InChI=1S/C21H18F17NO3/c1-3-42-12(40)39-11(9-10-7-5-4-6-8-10)13(2,41)14(22,23)15(24,25)16(26,27)17(28,29)18(30,31)19(32,33)20(34,35)21(36,37)38/h4-8,11,41H,3,9H2,1-2H3,(H,39,40)/t11-,13?/m0/s1. The molecule has 0 heterocycles. The van der Waals surface area contributed by atoms with E-state index in [1.165, 1.54) is 11.4 Å². The van der Waals surface area contributed by atoms with Gasteiger partial charge in [0.15, 0.2) is 5.60 Å². The van der Waals surface area contributed by atoms with E-state index in [2.05, 4.69) is 4.74 Å². The van der Waals surface area contributed by atoms with Crippen molar-refractivity contribution in [3.63, 3.8) is 0 Å². The summed E-state index contributed by atoms with van der Waals surface area (Å²) in [5.41, 5.74) is -5.21. The third-order valence-corrected chi connectivity index (χ3v) is 5.89. The first kappa shape index (κ1) is 37.3. The Morgan fingerprint density at radius 3 is 1.40 bits per heavy atom. The van der Waals surface area contributed by atoms with Crippen molar-refractivity contribution in [2.75, 3.05) is 6.61 Å². The molecule has 1 amide bonds. The number of carbonyl (C=O) groups is 1. The molecule has 1 aromatic rings. The molecule has 0 saturated heterocycles. The van der Waals surface area contributed by atoms with Crippen LogP contribution < -0.4 is 5.32 Å². The fourth-order valence-electron chi connectivity index (χ4n) is 3.26. The molecule has 0 aromatic heterocycles. The molecule has 244 valence electrons. The van der Waals surface area contributed by atoms with Gasteiger partial charge >= 0.3 is 53.7 Å². The van der Waals surface area contributed by atoms with Crippen molar-refractivity contribution in [2.45, 2.75) is 79.5 Å². The minimum Gasteiger partial charge on any atom is -0.450 e. The molecule has 1 rings (SSSR count). The maximum Gasteiger partial charge on any atom is 0.460 e. The molecule has 2 atom stereocenters. The van der Waals surface area contributed by atoms with Gasteiger partial charge in [0.25, 0.3) is 0 Å². The van der Waals surface area contributed by atoms with Crippen LogP contribution in [0.25, 0.3) is 0 Å². The van der Waals surface area contributed by atoms with Gasteiger partial charge in [-0.1, -0.05) is 30.3 Å². The third-order valence-electron chi connectivity index (χ3n) is 5.89. The average molecular weight is 655 g/mol. The normalized spacial score (nSPS) is 17.0. The molecule has 0 spiro atoms. The summed E-state index contributed by atoms with van der Waals surface area (Å²) in [7, 11) is 0. The highest BCUT2D eigenvalue weighted by Crippen LogP contribution is 2.65. The van der Waals surface area contributed by atoms with Gasteiger partial charge in [0.05, 0.1) is 12.6 Å². The topological polar surface area (TPSA) is 58.6 Å². The van der Waals surface area contributed by atoms with E-state index < -0.39 is 85.3 Å². The number of rotatable bonds is 12. The van der Waals surface area contributed by atoms with Gasteiger partial charge < -0.3 is 15.2 Å². The van der Waals surface area contributed by atoms with Crippen molar-refractivity contribution in [2.24, 2.45) is 0 Å². The number of alkyl halides is 17. The van der Waals surface area contributed by atoms with Crippen LogP contribution >= 0.6 is 0 Å². The monoisotopic (exact) mass is 655 g/mol. The van der Waals surface area contributed by atoms with Crippen LogP contribution in [0.5, 0.6) is 0 Å². The molecule has 1 aromatic carbocycles. The largest absolute Gasteiger partial charge is 0.460 e. The Kier molecular flexibility index (Phi) is 9.83. The zero-order valence-electron chi connectivity index (χ0n) is 20.6. The molecule has 0 bridgehead atoms. The van der Waals surface area contributed by atoms with Gasteiger partial charge in [-0.05, 0) is 25.8 Å². The third kappa shape index (κ3) is 5.51. The van der Waals surface area contributed by atoms with Crippen LogP contribution in [0.4, 0.5) is 79.4 Å². The van der Waals surface area contributed by atoms with Crippen LogP contribution in [-0.4, -0.2) is 77.1 Å². The molecule has 0 aliphatic rings. The molecule has 4 nitrogen and oxygen atoms in total. The van der Waals surface area contributed by atoms with Crippen molar-refractivity contribution in [1.29, 1.82) is 0 Å². The minimum absolute atomic E-state index is 0.267. The van der Waals surface area contributed by atoms with Gasteiger partial charge in [-0.3, -0.25) is 0 Å². The van der Waals surface area contributed by atoms with E-state index in [0.29, 0.717) is 0 Å². The Morgan fingerprint density at radius 2 is 1.05 bits per heavy atom. The number of amides is 1. The summed E-state index contributed by atoms with van der Waals surface area (Å²) >= 11 is 0. The Morgan fingerprint density at radius 1 is 0.690 bits per heavy atom. The Bertz CT molecular complexity index is 1090. The predicted octanol–water partition coefficient (Wildman–Crippen LogP) is 7.10. The van der Waals surface area contributed by atoms with E-state index in [0.717, 1.165) is 31.2 Å². The molecule has 0 fully saturated rings. The van der Waals surface area contributed by atoms with Crippen LogP contribution in [0.3, 0.4) is 0 Å². The highest BCUT2D eigenvalue weighted by Gasteiger charge is 2.96. The maximum atomic E-state index is 14.9. The second-order valence-electron chi connectivity index (χ2n) is 8.77. The highest BCUT2D eigenvalue weighted by atomic mass is 19.4. The lowest BCUT2D eigenvalue weighted by atomic mass is 9.78. The Hall–Kier alpha value is -2.74. The molecule has 42 heavy (non-hydrogen) atoms. The van der Waals surface area contributed by atoms with Crippen LogP contribution in [0.1, 0.15) is 19.4 Å². The quantitative estimate of drug-likeness (QED) is 0.236. The molecule has 0 aliphatic heterocycles. The van der Waals surface area contributed by atoms with Crippen molar-refractivity contribution >= 4 is 6.09 Å². The van der Waals surface area contributed by atoms with Crippen molar-refractivity contribution in [3.8, 4) is 0 Å². The summed E-state index contributed by atoms with van der Waals surface area (Å²) < 4.78 is 237. The molecule has 0 radical (unpaired) electrons. The average Bonchev–Trinajstić information content (AvgIpc) is 2.82. The van der Waals surface area contributed by atoms with E-state index in [4.69, 9.17) is 0 Å². The summed E-state index contributed by atoms with van der Waals surface area (Å²) in [5, 5.41) is 11.6. The van der Waals surface area contributed by atoms with Gasteiger partial charge in [0.2, 0.25) is 0 Å². The lowest BCUT2D eigenvalue weighted by Crippen LogP contribution is -2.77. The molecule has 0 aliphatic carbocycles. The SMILES string of the molecule is CCOC(=O)N[C@@H](Cc1ccccc1)C(C)(O)C(F)(F)C(F)(F)C(F)(F)C(F)(F)C(F)(F)C(F)(F)C(F)(F)C(F)(F)F. The van der Waals surface area contributed by atoms with E-state index in [-0.39, 0.29) is 5.56 Å². The van der Waals surface area contributed by atoms with Gasteiger partial charge in [-0.25, -0.2) is 4.79 Å². The smallest absolute Gasteiger partial charge is 0.450 e. The fraction of sp³-hybridized carbons (Fsp3) is 0.667. The molecule has 0 saturated carbocycles. The van der Waals surface area contributed by atoms with Crippen molar-refractivity contribution in [3.05, 3.63) is 35.9 Å². The number of alkyl carbamates (subject to hydrolysis) is 1. The molecule has 2 N–H and O–H groups in total. The predicted molar refractivity (Wildman–Crippen MR) is 105 cm³/mol. The number of hydrogen-bond donors (Lipinski definition) is 2. The van der Waals surface area contributed by atoms with Gasteiger partial charge in [-0.15, -0.1) is 0 Å².